The molecule has 0 saturated heterocycles. The molecule has 3 heteroatoms. The van der Waals surface area contributed by atoms with Crippen LogP contribution in [0.2, 0.25) is 5.02 Å². The molecule has 0 atom stereocenters. The average molecular weight is 157 g/mol. The molecule has 0 bridgehead atoms. The quantitative estimate of drug-likeness (QED) is 0.640. The molecular formula is C7H7ClNO+. The normalized spacial score (nSPS) is 9.40. The van der Waals surface area contributed by atoms with Crippen LogP contribution in [0, 0.1) is 0 Å². The number of benzene rings is 1. The van der Waals surface area contributed by atoms with Gasteiger partial charge in [-0.05, 0) is 24.3 Å². The lowest BCUT2D eigenvalue weighted by Gasteiger charge is -1.89. The van der Waals surface area contributed by atoms with E-state index in [1.807, 2.05) is 0 Å². The molecule has 1 rings (SSSR count). The fraction of sp³-hybridized carbons (Fsp3) is 0. The summed E-state index contributed by atoms with van der Waals surface area (Å²) in [7, 11) is 0. The summed E-state index contributed by atoms with van der Waals surface area (Å²) in [5.41, 5.74) is 3.84. The van der Waals surface area contributed by atoms with E-state index in [2.05, 4.69) is 5.73 Å². The van der Waals surface area contributed by atoms with Crippen LogP contribution in [0.5, 0.6) is 0 Å². The number of hydrogen-bond donors (Lipinski definition) is 1. The lowest BCUT2D eigenvalue weighted by molar-refractivity contribution is -0.255. The highest BCUT2D eigenvalue weighted by atomic mass is 35.5. The highest BCUT2D eigenvalue weighted by Gasteiger charge is 2.00. The minimum absolute atomic E-state index is 0.184. The van der Waals surface area contributed by atoms with Crippen LogP contribution in [-0.2, 0) is 0 Å². The summed E-state index contributed by atoms with van der Waals surface area (Å²) in [5, 5.41) is 0.630. The van der Waals surface area contributed by atoms with Gasteiger partial charge < -0.3 is 0 Å². The molecule has 0 heterocycles. The molecule has 0 aliphatic heterocycles. The van der Waals surface area contributed by atoms with E-state index in [0.717, 1.165) is 0 Å². The van der Waals surface area contributed by atoms with Crippen molar-refractivity contribution in [2.45, 2.75) is 0 Å². The minimum Gasteiger partial charge on any atom is -0.290 e. The van der Waals surface area contributed by atoms with Gasteiger partial charge in [0.1, 0.15) is 0 Å². The number of carbonyl (C=O) groups is 1. The van der Waals surface area contributed by atoms with E-state index >= 15 is 0 Å². The fourth-order valence-electron chi connectivity index (χ4n) is 0.636. The third-order valence-electron chi connectivity index (χ3n) is 1.17. The van der Waals surface area contributed by atoms with Gasteiger partial charge >= 0.3 is 5.91 Å². The Balaban J connectivity index is 3.00. The predicted octanol–water partition coefficient (Wildman–Crippen LogP) is 0.722. The zero-order chi connectivity index (χ0) is 7.56. The van der Waals surface area contributed by atoms with Gasteiger partial charge in [-0.25, -0.2) is 4.79 Å². The van der Waals surface area contributed by atoms with Gasteiger partial charge in [0.25, 0.3) is 0 Å². The first kappa shape index (κ1) is 7.25. The summed E-state index contributed by atoms with van der Waals surface area (Å²) >= 11 is 5.58. The number of hydrogen-bond acceptors (Lipinski definition) is 1. The van der Waals surface area contributed by atoms with E-state index < -0.39 is 0 Å². The maximum Gasteiger partial charge on any atom is 0.340 e. The van der Waals surface area contributed by atoms with Crippen molar-refractivity contribution in [2.75, 3.05) is 0 Å². The monoisotopic (exact) mass is 156 g/mol. The molecule has 3 N–H and O–H groups in total. The summed E-state index contributed by atoms with van der Waals surface area (Å²) in [6.07, 6.45) is 0. The molecular weight excluding hydrogens is 150 g/mol. The molecule has 0 radical (unpaired) electrons. The van der Waals surface area contributed by atoms with Crippen molar-refractivity contribution in [2.24, 2.45) is 0 Å². The maximum absolute atomic E-state index is 10.6. The highest BCUT2D eigenvalue weighted by molar-refractivity contribution is 6.30. The number of carbonyl (C=O) groups excluding carboxylic acids is 1. The molecule has 1 aromatic carbocycles. The van der Waals surface area contributed by atoms with Gasteiger partial charge in [0, 0.05) is 5.02 Å². The summed E-state index contributed by atoms with van der Waals surface area (Å²) in [4.78, 5) is 10.6. The van der Waals surface area contributed by atoms with Crippen LogP contribution in [0.3, 0.4) is 0 Å². The highest BCUT2D eigenvalue weighted by Crippen LogP contribution is 2.07. The van der Waals surface area contributed by atoms with Gasteiger partial charge in [0.15, 0.2) is 0 Å². The van der Waals surface area contributed by atoms with E-state index in [4.69, 9.17) is 11.6 Å². The lowest BCUT2D eigenvalue weighted by Crippen LogP contribution is -2.56. The van der Waals surface area contributed by atoms with E-state index in [9.17, 15) is 4.79 Å². The summed E-state index contributed by atoms with van der Waals surface area (Å²) in [6, 6.07) is 6.63. The second kappa shape index (κ2) is 2.82. The molecule has 0 unspecified atom stereocenters. The summed E-state index contributed by atoms with van der Waals surface area (Å²) in [5.74, 6) is -0.184. The van der Waals surface area contributed by atoms with Gasteiger partial charge in [-0.3, -0.25) is 5.73 Å². The smallest absolute Gasteiger partial charge is 0.290 e. The molecule has 0 saturated carbocycles. The molecule has 0 aromatic heterocycles. The van der Waals surface area contributed by atoms with E-state index in [1.165, 1.54) is 0 Å². The van der Waals surface area contributed by atoms with Crippen molar-refractivity contribution in [1.29, 1.82) is 0 Å². The Morgan fingerprint density at radius 3 is 2.20 bits per heavy atom. The molecule has 1 amide bonds. The Morgan fingerprint density at radius 2 is 1.80 bits per heavy atom. The molecule has 0 spiro atoms. The number of amides is 1. The number of halogens is 1. The third-order valence-corrected chi connectivity index (χ3v) is 1.42. The Morgan fingerprint density at radius 1 is 1.30 bits per heavy atom. The first-order chi connectivity index (χ1) is 4.70. The van der Waals surface area contributed by atoms with Crippen LogP contribution >= 0.6 is 11.6 Å². The summed E-state index contributed by atoms with van der Waals surface area (Å²) < 4.78 is 0. The molecule has 0 aliphatic rings. The van der Waals surface area contributed by atoms with Crippen molar-refractivity contribution in [1.82, 2.24) is 0 Å². The molecule has 1 aromatic rings. The molecule has 52 valence electrons. The van der Waals surface area contributed by atoms with Gasteiger partial charge in [-0.1, -0.05) is 11.6 Å². The van der Waals surface area contributed by atoms with Crippen LogP contribution in [0.15, 0.2) is 24.3 Å². The first-order valence-corrected chi connectivity index (χ1v) is 3.20. The van der Waals surface area contributed by atoms with Crippen molar-refractivity contribution in [3.63, 3.8) is 0 Å². The fourth-order valence-corrected chi connectivity index (χ4v) is 0.762. The Kier molecular flexibility index (Phi) is 2.04. The first-order valence-electron chi connectivity index (χ1n) is 2.82. The van der Waals surface area contributed by atoms with E-state index in [1.54, 1.807) is 24.3 Å². The van der Waals surface area contributed by atoms with Crippen molar-refractivity contribution in [3.8, 4) is 0 Å². The predicted molar refractivity (Wildman–Crippen MR) is 38.7 cm³/mol. The van der Waals surface area contributed by atoms with Crippen LogP contribution < -0.4 is 5.73 Å². The van der Waals surface area contributed by atoms with Crippen LogP contribution in [-0.4, -0.2) is 5.91 Å². The summed E-state index contributed by atoms with van der Waals surface area (Å²) in [6.45, 7) is 0. The van der Waals surface area contributed by atoms with Gasteiger partial charge in [0.2, 0.25) is 0 Å². The Labute approximate surface area is 63.6 Å². The second-order valence-corrected chi connectivity index (χ2v) is 2.37. The number of quaternary nitrogens is 1. The van der Waals surface area contributed by atoms with Crippen LogP contribution in [0.1, 0.15) is 10.4 Å². The van der Waals surface area contributed by atoms with E-state index in [0.29, 0.717) is 10.6 Å². The number of rotatable bonds is 1. The zero-order valence-electron chi connectivity index (χ0n) is 5.30. The van der Waals surface area contributed by atoms with Crippen molar-refractivity contribution in [3.05, 3.63) is 34.9 Å². The topological polar surface area (TPSA) is 44.7 Å². The van der Waals surface area contributed by atoms with E-state index in [-0.39, 0.29) is 5.91 Å². The average Bonchev–Trinajstić information content (AvgIpc) is 1.88. The van der Waals surface area contributed by atoms with Crippen LogP contribution in [0.25, 0.3) is 0 Å². The van der Waals surface area contributed by atoms with Gasteiger partial charge in [-0.2, -0.15) is 0 Å². The Hall–Kier alpha value is -0.860. The Bertz CT molecular complexity index is 242. The second-order valence-electron chi connectivity index (χ2n) is 1.93. The largest absolute Gasteiger partial charge is 0.340 e. The molecule has 0 aliphatic carbocycles. The molecule has 10 heavy (non-hydrogen) atoms. The molecule has 0 fully saturated rings. The SMILES string of the molecule is [NH3+]C(=O)c1ccc(Cl)cc1. The van der Waals surface area contributed by atoms with Gasteiger partial charge in [-0.15, -0.1) is 0 Å². The zero-order valence-corrected chi connectivity index (χ0v) is 6.06. The standard InChI is InChI=1S/C7H6ClNO/c8-6-3-1-5(2-4-6)7(9)10/h1-4H,(H2,9,10)/p+1. The van der Waals surface area contributed by atoms with Crippen LogP contribution in [0.4, 0.5) is 0 Å². The van der Waals surface area contributed by atoms with Crippen molar-refractivity contribution < 1.29 is 10.5 Å². The van der Waals surface area contributed by atoms with Gasteiger partial charge in [0.05, 0.1) is 5.56 Å². The van der Waals surface area contributed by atoms with Crippen molar-refractivity contribution >= 4 is 17.5 Å². The molecule has 2 nitrogen and oxygen atoms in total. The third kappa shape index (κ3) is 1.56. The lowest BCUT2D eigenvalue weighted by atomic mass is 10.2. The minimum atomic E-state index is -0.184. The maximum atomic E-state index is 10.6.